The van der Waals surface area contributed by atoms with Crippen LogP contribution in [-0.4, -0.2) is 0 Å². The second-order valence-electron chi connectivity index (χ2n) is 4.92. The Kier molecular flexibility index (Phi) is 5.61. The van der Waals surface area contributed by atoms with Crippen LogP contribution < -0.4 is 10.1 Å². The number of hydrogen-bond acceptors (Lipinski definition) is 2. The summed E-state index contributed by atoms with van der Waals surface area (Å²) in [5.74, 6) is 1.65. The van der Waals surface area contributed by atoms with E-state index in [2.05, 4.69) is 18.8 Å². The Morgan fingerprint density at radius 1 is 1.00 bits per heavy atom. The molecule has 2 nitrogen and oxygen atoms in total. The molecule has 0 spiro atoms. The van der Waals surface area contributed by atoms with E-state index in [9.17, 15) is 0 Å². The Hall–Kier alpha value is -2.74. The molecule has 0 heterocycles. The molecule has 1 N–H and O–H groups in total. The number of nitrogens with one attached hydrogen (secondary N) is 1. The molecule has 2 heteroatoms. The topological polar surface area (TPSA) is 21.3 Å². The largest absolute Gasteiger partial charge is 0.457 e. The molecule has 0 unspecified atom stereocenters. The summed E-state index contributed by atoms with van der Waals surface area (Å²) in [7, 11) is 0. The Balaban J connectivity index is 2.05. The van der Waals surface area contributed by atoms with Gasteiger partial charge in [-0.15, -0.1) is 0 Å². The molecule has 0 fully saturated rings. The summed E-state index contributed by atoms with van der Waals surface area (Å²) < 4.78 is 5.82. The molecular weight excluding hydrogens is 270 g/mol. The number of anilines is 1. The van der Waals surface area contributed by atoms with Crippen molar-refractivity contribution in [3.63, 3.8) is 0 Å². The second kappa shape index (κ2) is 7.89. The molecule has 0 aliphatic carbocycles. The standard InChI is InChI=1S/C20H21NO/c1-4-6-17(7-5-2)21-18-10-14-20(15-11-18)22-19-12-8-16(3)9-13-19/h4-15,21H,1H2,2-3H3/b7-5-,17-6+. The van der Waals surface area contributed by atoms with Crippen molar-refractivity contribution in [3.05, 3.63) is 90.7 Å². The third kappa shape index (κ3) is 4.67. The number of benzene rings is 2. The van der Waals surface area contributed by atoms with Crippen LogP contribution in [0.3, 0.4) is 0 Å². The van der Waals surface area contributed by atoms with E-state index < -0.39 is 0 Å². The number of ether oxygens (including phenoxy) is 1. The summed E-state index contributed by atoms with van der Waals surface area (Å²) in [6.45, 7) is 7.76. The Labute approximate surface area is 132 Å². The van der Waals surface area contributed by atoms with E-state index in [1.165, 1.54) is 5.56 Å². The lowest BCUT2D eigenvalue weighted by Crippen LogP contribution is -1.96. The van der Waals surface area contributed by atoms with Crippen LogP contribution in [0.15, 0.2) is 85.1 Å². The molecular formula is C20H21NO. The zero-order valence-corrected chi connectivity index (χ0v) is 13.0. The molecule has 0 saturated heterocycles. The van der Waals surface area contributed by atoms with Crippen LogP contribution in [0, 0.1) is 6.92 Å². The van der Waals surface area contributed by atoms with Crippen molar-refractivity contribution in [1.29, 1.82) is 0 Å². The summed E-state index contributed by atoms with van der Waals surface area (Å²) in [5.41, 5.74) is 3.21. The number of hydrogen-bond donors (Lipinski definition) is 1. The molecule has 0 aliphatic rings. The van der Waals surface area contributed by atoms with Gasteiger partial charge in [0.15, 0.2) is 0 Å². The van der Waals surface area contributed by atoms with Crippen molar-refractivity contribution < 1.29 is 4.74 Å². The van der Waals surface area contributed by atoms with Gasteiger partial charge in [-0.2, -0.15) is 0 Å². The minimum Gasteiger partial charge on any atom is -0.457 e. The van der Waals surface area contributed by atoms with E-state index in [0.29, 0.717) is 0 Å². The fourth-order valence-electron chi connectivity index (χ4n) is 1.96. The Morgan fingerprint density at radius 2 is 1.59 bits per heavy atom. The first kappa shape index (κ1) is 15.6. The van der Waals surface area contributed by atoms with E-state index in [0.717, 1.165) is 22.9 Å². The number of aryl methyl sites for hydroxylation is 1. The molecule has 112 valence electrons. The van der Waals surface area contributed by atoms with Gasteiger partial charge in [-0.1, -0.05) is 36.4 Å². The molecule has 0 saturated carbocycles. The van der Waals surface area contributed by atoms with Crippen molar-refractivity contribution >= 4 is 5.69 Å². The molecule has 0 amide bonds. The summed E-state index contributed by atoms with van der Waals surface area (Å²) in [5, 5.41) is 3.33. The highest BCUT2D eigenvalue weighted by molar-refractivity contribution is 5.53. The normalized spacial score (nSPS) is 11.5. The SMILES string of the molecule is C=C/C=C(\C=C/C)Nc1ccc(Oc2ccc(C)cc2)cc1. The monoisotopic (exact) mass is 291 g/mol. The summed E-state index contributed by atoms with van der Waals surface area (Å²) in [6.07, 6.45) is 7.67. The maximum atomic E-state index is 5.82. The molecule has 0 atom stereocenters. The minimum atomic E-state index is 0.815. The summed E-state index contributed by atoms with van der Waals surface area (Å²) >= 11 is 0. The van der Waals surface area contributed by atoms with E-state index in [4.69, 9.17) is 4.74 Å². The maximum absolute atomic E-state index is 5.82. The summed E-state index contributed by atoms with van der Waals surface area (Å²) in [4.78, 5) is 0. The first-order valence-corrected chi connectivity index (χ1v) is 7.28. The van der Waals surface area contributed by atoms with E-state index in [1.54, 1.807) is 6.08 Å². The quantitative estimate of drug-likeness (QED) is 0.674. The Bertz CT molecular complexity index is 664. The maximum Gasteiger partial charge on any atom is 0.127 e. The van der Waals surface area contributed by atoms with Crippen LogP contribution in [0.2, 0.25) is 0 Å². The van der Waals surface area contributed by atoms with Crippen molar-refractivity contribution in [1.82, 2.24) is 0 Å². The third-order valence-corrected chi connectivity index (χ3v) is 3.04. The zero-order chi connectivity index (χ0) is 15.8. The van der Waals surface area contributed by atoms with Gasteiger partial charge in [-0.25, -0.2) is 0 Å². The molecule has 2 aromatic carbocycles. The second-order valence-corrected chi connectivity index (χ2v) is 4.92. The highest BCUT2D eigenvalue weighted by atomic mass is 16.5. The smallest absolute Gasteiger partial charge is 0.127 e. The molecule has 0 aromatic heterocycles. The van der Waals surface area contributed by atoms with Crippen molar-refractivity contribution in [2.45, 2.75) is 13.8 Å². The molecule has 0 aliphatic heterocycles. The van der Waals surface area contributed by atoms with Crippen LogP contribution in [0.4, 0.5) is 5.69 Å². The van der Waals surface area contributed by atoms with E-state index in [-0.39, 0.29) is 0 Å². The fraction of sp³-hybridized carbons (Fsp3) is 0.100. The van der Waals surface area contributed by atoms with Gasteiger partial charge in [0, 0.05) is 11.4 Å². The van der Waals surface area contributed by atoms with Gasteiger partial charge >= 0.3 is 0 Å². The zero-order valence-electron chi connectivity index (χ0n) is 13.0. The van der Waals surface area contributed by atoms with Gasteiger partial charge < -0.3 is 10.1 Å². The van der Waals surface area contributed by atoms with Crippen molar-refractivity contribution in [2.75, 3.05) is 5.32 Å². The van der Waals surface area contributed by atoms with Crippen LogP contribution >= 0.6 is 0 Å². The summed E-state index contributed by atoms with van der Waals surface area (Å²) in [6, 6.07) is 15.9. The van der Waals surface area contributed by atoms with Crippen LogP contribution in [0.1, 0.15) is 12.5 Å². The van der Waals surface area contributed by atoms with Gasteiger partial charge in [0.1, 0.15) is 11.5 Å². The first-order valence-electron chi connectivity index (χ1n) is 7.28. The number of allylic oxidation sites excluding steroid dienone is 4. The third-order valence-electron chi connectivity index (χ3n) is 3.04. The molecule has 0 radical (unpaired) electrons. The van der Waals surface area contributed by atoms with Crippen LogP contribution in [0.25, 0.3) is 0 Å². The Morgan fingerprint density at radius 3 is 2.14 bits per heavy atom. The average Bonchev–Trinajstić information content (AvgIpc) is 2.52. The first-order chi connectivity index (χ1) is 10.7. The molecule has 2 aromatic rings. The van der Waals surface area contributed by atoms with Crippen molar-refractivity contribution in [2.24, 2.45) is 0 Å². The highest BCUT2D eigenvalue weighted by Crippen LogP contribution is 2.23. The van der Waals surface area contributed by atoms with Gasteiger partial charge in [0.05, 0.1) is 0 Å². The number of rotatable bonds is 6. The van der Waals surface area contributed by atoms with Crippen LogP contribution in [-0.2, 0) is 0 Å². The minimum absolute atomic E-state index is 0.815. The van der Waals surface area contributed by atoms with Gasteiger partial charge in [-0.3, -0.25) is 0 Å². The average molecular weight is 291 g/mol. The highest BCUT2D eigenvalue weighted by Gasteiger charge is 1.99. The van der Waals surface area contributed by atoms with Crippen LogP contribution in [0.5, 0.6) is 11.5 Å². The van der Waals surface area contributed by atoms with E-state index in [1.807, 2.05) is 73.7 Å². The molecule has 0 bridgehead atoms. The molecule has 22 heavy (non-hydrogen) atoms. The fourth-order valence-corrected chi connectivity index (χ4v) is 1.96. The van der Waals surface area contributed by atoms with Gasteiger partial charge in [0.2, 0.25) is 0 Å². The molecule has 2 rings (SSSR count). The lowest BCUT2D eigenvalue weighted by atomic mass is 10.2. The van der Waals surface area contributed by atoms with E-state index >= 15 is 0 Å². The van der Waals surface area contributed by atoms with Gasteiger partial charge in [0.25, 0.3) is 0 Å². The van der Waals surface area contributed by atoms with Crippen molar-refractivity contribution in [3.8, 4) is 11.5 Å². The van der Waals surface area contributed by atoms with Gasteiger partial charge in [-0.05, 0) is 62.4 Å². The predicted octanol–water partition coefficient (Wildman–Crippen LogP) is 5.85. The predicted molar refractivity (Wildman–Crippen MR) is 94.4 cm³/mol. The lowest BCUT2D eigenvalue weighted by molar-refractivity contribution is 0.482. The lowest BCUT2D eigenvalue weighted by Gasteiger charge is -2.09.